The molecule has 0 aliphatic heterocycles. The SMILES string of the molecule is C=C/C=C\c1oc2c(N(c3ccc4c(C)c5c6c(cccc6c4c3)C(C)(C)c3cc(N(c4cc(-c6ccccc6)cc(-c6ccccc6)c4F)c4cccc6c4oc4ccccc46)ccc3-5)c3cc(-c4ccccc4)cc(-c4ccccc4)c3F)cccc2c1C. The lowest BCUT2D eigenvalue weighted by molar-refractivity contribution is 0.601. The Kier molecular flexibility index (Phi) is 13.2. The minimum Gasteiger partial charge on any atom is -0.454 e. The summed E-state index contributed by atoms with van der Waals surface area (Å²) in [4.78, 5) is 4.11. The number of fused-ring (bicyclic) bond motifs is 8. The van der Waals surface area contributed by atoms with Gasteiger partial charge in [0, 0.05) is 49.6 Å². The molecule has 0 saturated heterocycles. The number of anilines is 6. The van der Waals surface area contributed by atoms with Crippen LogP contribution in [0.15, 0.2) is 288 Å². The largest absolute Gasteiger partial charge is 0.454 e. The predicted octanol–water partition coefficient (Wildman–Crippen LogP) is 24.6. The minimum absolute atomic E-state index is 0.351. The highest BCUT2D eigenvalue weighted by Gasteiger charge is 2.37. The first-order valence-corrected chi connectivity index (χ1v) is 30.9. The van der Waals surface area contributed by atoms with E-state index in [4.69, 9.17) is 8.83 Å². The van der Waals surface area contributed by atoms with Crippen LogP contribution in [0.25, 0.3) is 116 Å². The molecule has 0 unspecified atom stereocenters. The first-order chi connectivity index (χ1) is 44.5. The molecule has 13 aromatic carbocycles. The van der Waals surface area contributed by atoms with Crippen LogP contribution in [0.5, 0.6) is 0 Å². The maximum Gasteiger partial charge on any atom is 0.159 e. The van der Waals surface area contributed by atoms with Gasteiger partial charge in [-0.15, -0.1) is 0 Å². The van der Waals surface area contributed by atoms with E-state index in [9.17, 15) is 0 Å². The van der Waals surface area contributed by atoms with Crippen LogP contribution in [-0.4, -0.2) is 0 Å². The zero-order valence-electron chi connectivity index (χ0n) is 50.7. The molecule has 0 fully saturated rings. The lowest BCUT2D eigenvalue weighted by atomic mass is 9.67. The molecule has 1 aliphatic rings. The van der Waals surface area contributed by atoms with Gasteiger partial charge in [0.2, 0.25) is 0 Å². The van der Waals surface area contributed by atoms with Crippen molar-refractivity contribution in [1.82, 2.24) is 0 Å². The lowest BCUT2D eigenvalue weighted by Gasteiger charge is -2.38. The second-order valence-corrected chi connectivity index (χ2v) is 24.3. The average Bonchev–Trinajstić information content (AvgIpc) is 1.25. The Labute approximate surface area is 527 Å². The lowest BCUT2D eigenvalue weighted by Crippen LogP contribution is -2.25. The summed E-state index contributed by atoms with van der Waals surface area (Å²) in [6.45, 7) is 12.8. The molecule has 0 saturated carbocycles. The van der Waals surface area contributed by atoms with Crippen LogP contribution in [0.3, 0.4) is 0 Å². The van der Waals surface area contributed by atoms with Crippen molar-refractivity contribution in [3.8, 4) is 55.6 Å². The van der Waals surface area contributed by atoms with Gasteiger partial charge in [-0.1, -0.05) is 227 Å². The molecule has 91 heavy (non-hydrogen) atoms. The maximum atomic E-state index is 18.4. The van der Waals surface area contributed by atoms with E-state index in [1.807, 2.05) is 181 Å². The number of allylic oxidation sites excluding steroid dienone is 2. The molecule has 4 nitrogen and oxygen atoms in total. The second-order valence-electron chi connectivity index (χ2n) is 24.3. The van der Waals surface area contributed by atoms with Gasteiger partial charge < -0.3 is 18.6 Å². The molecule has 0 bridgehead atoms. The normalized spacial score (nSPS) is 12.6. The fourth-order valence-corrected chi connectivity index (χ4v) is 14.3. The van der Waals surface area contributed by atoms with Crippen molar-refractivity contribution in [2.45, 2.75) is 33.1 Å². The van der Waals surface area contributed by atoms with Crippen LogP contribution in [0.1, 0.15) is 41.9 Å². The number of furan rings is 2. The Morgan fingerprint density at radius 3 is 1.49 bits per heavy atom. The summed E-state index contributed by atoms with van der Waals surface area (Å²) in [5, 5.41) is 7.19. The molecule has 0 amide bonds. The molecule has 0 spiro atoms. The van der Waals surface area contributed by atoms with Gasteiger partial charge in [-0.05, 0) is 169 Å². The van der Waals surface area contributed by atoms with Crippen molar-refractivity contribution in [3.63, 3.8) is 0 Å². The van der Waals surface area contributed by atoms with E-state index >= 15 is 8.78 Å². The highest BCUT2D eigenvalue weighted by atomic mass is 19.1. The van der Waals surface area contributed by atoms with Gasteiger partial charge in [0.05, 0.1) is 22.7 Å². The van der Waals surface area contributed by atoms with Gasteiger partial charge in [-0.2, -0.15) is 0 Å². The predicted molar refractivity (Wildman–Crippen MR) is 376 cm³/mol. The smallest absolute Gasteiger partial charge is 0.159 e. The quantitative estimate of drug-likeness (QED) is 0.0902. The molecule has 436 valence electrons. The summed E-state index contributed by atoms with van der Waals surface area (Å²) in [5.74, 6) is -0.00992. The van der Waals surface area contributed by atoms with E-state index in [0.29, 0.717) is 50.8 Å². The van der Waals surface area contributed by atoms with Crippen LogP contribution >= 0.6 is 0 Å². The van der Waals surface area contributed by atoms with Crippen molar-refractivity contribution in [2.24, 2.45) is 0 Å². The molecule has 0 atom stereocenters. The monoisotopic (exact) mass is 1180 g/mol. The summed E-state index contributed by atoms with van der Waals surface area (Å²) >= 11 is 0. The second kappa shape index (κ2) is 21.8. The van der Waals surface area contributed by atoms with Gasteiger partial charge in [0.25, 0.3) is 0 Å². The Hall–Kier alpha value is -11.3. The van der Waals surface area contributed by atoms with Crippen LogP contribution in [0.4, 0.5) is 42.9 Å². The van der Waals surface area contributed by atoms with Gasteiger partial charge in [0.15, 0.2) is 22.8 Å². The molecule has 0 radical (unpaired) electrons. The summed E-state index contributed by atoms with van der Waals surface area (Å²) in [6, 6.07) is 88.1. The van der Waals surface area contributed by atoms with E-state index < -0.39 is 5.41 Å². The Morgan fingerprint density at radius 1 is 0.385 bits per heavy atom. The van der Waals surface area contributed by atoms with Gasteiger partial charge in [-0.25, -0.2) is 8.78 Å². The highest BCUT2D eigenvalue weighted by Crippen LogP contribution is 2.56. The highest BCUT2D eigenvalue weighted by molar-refractivity contribution is 6.20. The number of halogens is 2. The molecule has 16 rings (SSSR count). The van der Waals surface area contributed by atoms with E-state index in [1.54, 1.807) is 6.08 Å². The summed E-state index contributed by atoms with van der Waals surface area (Å²) in [5.41, 5.74) is 18.0. The number of rotatable bonds is 12. The van der Waals surface area contributed by atoms with Crippen LogP contribution in [0.2, 0.25) is 0 Å². The number of hydrogen-bond acceptors (Lipinski definition) is 4. The number of aryl methyl sites for hydroxylation is 2. The van der Waals surface area contributed by atoms with Crippen molar-refractivity contribution >= 4 is 94.7 Å². The molecule has 2 heterocycles. The Balaban J connectivity index is 0.923. The molecule has 1 aliphatic carbocycles. The van der Waals surface area contributed by atoms with Crippen molar-refractivity contribution in [3.05, 3.63) is 319 Å². The van der Waals surface area contributed by atoms with Crippen molar-refractivity contribution in [2.75, 3.05) is 9.80 Å². The van der Waals surface area contributed by atoms with Crippen LogP contribution < -0.4 is 9.80 Å². The number of nitrogens with zero attached hydrogens (tertiary/aromatic N) is 2. The Bertz CT molecular complexity index is 5450. The third-order valence-corrected chi connectivity index (χ3v) is 18.7. The zero-order valence-corrected chi connectivity index (χ0v) is 50.7. The number of benzene rings is 13. The van der Waals surface area contributed by atoms with E-state index in [0.717, 1.165) is 121 Å². The fraction of sp³-hybridized carbons (Fsp3) is 0.0588. The van der Waals surface area contributed by atoms with Gasteiger partial charge in [0.1, 0.15) is 11.3 Å². The third kappa shape index (κ3) is 8.92. The van der Waals surface area contributed by atoms with Gasteiger partial charge >= 0.3 is 0 Å². The number of para-hydroxylation sites is 3. The number of hydrogen-bond donors (Lipinski definition) is 0. The topological polar surface area (TPSA) is 32.8 Å². The maximum absolute atomic E-state index is 18.4. The molecule has 0 N–H and O–H groups in total. The minimum atomic E-state index is -0.572. The van der Waals surface area contributed by atoms with Crippen LogP contribution in [0, 0.1) is 25.5 Å². The molecule has 2 aromatic heterocycles. The van der Waals surface area contributed by atoms with Crippen molar-refractivity contribution in [1.29, 1.82) is 0 Å². The fourth-order valence-electron chi connectivity index (χ4n) is 14.3. The van der Waals surface area contributed by atoms with Crippen molar-refractivity contribution < 1.29 is 17.6 Å². The summed E-state index contributed by atoms with van der Waals surface area (Å²) < 4.78 is 50.5. The first-order valence-electron chi connectivity index (χ1n) is 30.9. The van der Waals surface area contributed by atoms with Crippen LogP contribution in [-0.2, 0) is 5.41 Å². The summed E-state index contributed by atoms with van der Waals surface area (Å²) in [6.07, 6.45) is 5.54. The third-order valence-electron chi connectivity index (χ3n) is 18.7. The summed E-state index contributed by atoms with van der Waals surface area (Å²) in [7, 11) is 0. The standard InChI is InChI=1S/C85H60F2N2O2/c1-6-7-40-77-52(2)63-34-23-38-73(83(63)90-77)88(75-48-58(54-25-12-8-13-26-54)46-68(81(75)86)56-29-16-10-17-30-56)60-42-44-62-53(3)79-67-45-43-61(51-72(67)85(4,5)71-37-22-35-65(80(71)79)70(62)50-60)89(74-39-24-36-66-64-33-20-21-41-78(64)91-84(66)74)76-49-59(55-27-14-9-15-28-55)47-69(82(76)87)57-31-18-11-19-32-57/h6-51H,1H2,2-5H3/b40-7-. The molecular formula is C85H60F2N2O2. The van der Waals surface area contributed by atoms with Gasteiger partial charge in [-0.3, -0.25) is 0 Å². The molecular weight excluding hydrogens is 1120 g/mol. The van der Waals surface area contributed by atoms with E-state index in [-0.39, 0.29) is 11.6 Å². The Morgan fingerprint density at radius 2 is 0.890 bits per heavy atom. The first kappa shape index (κ1) is 55.0. The average molecular weight is 1180 g/mol. The molecule has 6 heteroatoms. The molecule has 15 aromatic rings. The van der Waals surface area contributed by atoms with E-state index in [1.165, 1.54) is 0 Å². The zero-order chi connectivity index (χ0) is 61.6. The van der Waals surface area contributed by atoms with E-state index in [2.05, 4.69) is 136 Å².